The van der Waals surface area contributed by atoms with Crippen molar-refractivity contribution in [3.63, 3.8) is 0 Å². The normalized spacial score (nSPS) is 10.6. The highest BCUT2D eigenvalue weighted by Gasteiger charge is 2.14. The van der Waals surface area contributed by atoms with E-state index in [2.05, 4.69) is 10.4 Å². The summed E-state index contributed by atoms with van der Waals surface area (Å²) in [6.45, 7) is 5.34. The minimum Gasteiger partial charge on any atom is -0.319 e. The largest absolute Gasteiger partial charge is 0.319 e. The van der Waals surface area contributed by atoms with Crippen molar-refractivity contribution >= 4 is 11.6 Å². The van der Waals surface area contributed by atoms with E-state index in [0.717, 1.165) is 11.4 Å². The smallest absolute Gasteiger partial charge is 0.255 e. The van der Waals surface area contributed by atoms with Gasteiger partial charge in [0.25, 0.3) is 5.91 Å². The Kier molecular flexibility index (Phi) is 3.38. The monoisotopic (exact) mass is 261 g/mol. The molecule has 1 heterocycles. The van der Waals surface area contributed by atoms with Crippen molar-refractivity contribution in [2.24, 2.45) is 7.05 Å². The number of nitrogens with zero attached hydrogens (tertiary/aromatic N) is 2. The van der Waals surface area contributed by atoms with Crippen LogP contribution in [-0.2, 0) is 7.05 Å². The minimum absolute atomic E-state index is 0.262. The topological polar surface area (TPSA) is 46.9 Å². The second-order valence-corrected chi connectivity index (χ2v) is 4.59. The lowest BCUT2D eigenvalue weighted by Crippen LogP contribution is -2.13. The van der Waals surface area contributed by atoms with Gasteiger partial charge >= 0.3 is 0 Å². The zero-order valence-corrected chi connectivity index (χ0v) is 11.4. The predicted molar refractivity (Wildman–Crippen MR) is 71.8 cm³/mol. The van der Waals surface area contributed by atoms with Gasteiger partial charge < -0.3 is 5.32 Å². The summed E-state index contributed by atoms with van der Waals surface area (Å²) in [6, 6.07) is 4.30. The fraction of sp³-hybridized carbons (Fsp3) is 0.286. The Morgan fingerprint density at radius 1 is 1.32 bits per heavy atom. The zero-order chi connectivity index (χ0) is 14.2. The highest BCUT2D eigenvalue weighted by molar-refractivity contribution is 6.04. The van der Waals surface area contributed by atoms with Crippen LogP contribution in [0, 0.1) is 26.6 Å². The third-order valence-electron chi connectivity index (χ3n) is 3.17. The number of benzene rings is 1. The molecule has 4 nitrogen and oxygen atoms in total. The molecular weight excluding hydrogens is 245 g/mol. The standard InChI is InChI=1S/C14H16FN3O/c1-8-7-11(5-6-12(8)15)14(19)16-13-9(2)17-18(4)10(13)3/h5-7H,1-4H3,(H,16,19). The number of halogens is 1. The average molecular weight is 261 g/mol. The molecule has 0 fully saturated rings. The number of aromatic nitrogens is 2. The zero-order valence-electron chi connectivity index (χ0n) is 11.4. The lowest BCUT2D eigenvalue weighted by molar-refractivity contribution is 0.102. The quantitative estimate of drug-likeness (QED) is 0.903. The highest BCUT2D eigenvalue weighted by atomic mass is 19.1. The summed E-state index contributed by atoms with van der Waals surface area (Å²) in [5, 5.41) is 7.05. The molecule has 2 rings (SSSR count). The summed E-state index contributed by atoms with van der Waals surface area (Å²) < 4.78 is 14.9. The summed E-state index contributed by atoms with van der Waals surface area (Å²) in [5.74, 6) is -0.576. The molecule has 2 aromatic rings. The van der Waals surface area contributed by atoms with Crippen molar-refractivity contribution in [3.05, 3.63) is 46.5 Å². The maximum absolute atomic E-state index is 13.2. The van der Waals surface area contributed by atoms with Crippen LogP contribution in [0.5, 0.6) is 0 Å². The molecular formula is C14H16FN3O. The molecule has 0 aliphatic rings. The molecule has 19 heavy (non-hydrogen) atoms. The van der Waals surface area contributed by atoms with Crippen LogP contribution in [0.15, 0.2) is 18.2 Å². The second-order valence-electron chi connectivity index (χ2n) is 4.59. The van der Waals surface area contributed by atoms with Gasteiger partial charge in [-0.3, -0.25) is 9.48 Å². The van der Waals surface area contributed by atoms with Crippen LogP contribution in [-0.4, -0.2) is 15.7 Å². The van der Waals surface area contributed by atoms with E-state index in [-0.39, 0.29) is 11.7 Å². The Bertz CT molecular complexity index is 646. The first-order valence-corrected chi connectivity index (χ1v) is 5.98. The summed E-state index contributed by atoms with van der Waals surface area (Å²) in [7, 11) is 1.82. The molecule has 0 unspecified atom stereocenters. The molecule has 0 radical (unpaired) electrons. The molecule has 5 heteroatoms. The third kappa shape index (κ3) is 2.50. The number of carbonyl (C=O) groups excluding carboxylic acids is 1. The Morgan fingerprint density at radius 3 is 2.53 bits per heavy atom. The van der Waals surface area contributed by atoms with E-state index in [4.69, 9.17) is 0 Å². The number of amides is 1. The van der Waals surface area contributed by atoms with Gasteiger partial charge in [0.15, 0.2) is 0 Å². The Hall–Kier alpha value is -2.17. The van der Waals surface area contributed by atoms with Crippen molar-refractivity contribution in [3.8, 4) is 0 Å². The summed E-state index contributed by atoms with van der Waals surface area (Å²) >= 11 is 0. The van der Waals surface area contributed by atoms with E-state index in [1.165, 1.54) is 18.2 Å². The fourth-order valence-corrected chi connectivity index (χ4v) is 1.93. The number of nitrogens with one attached hydrogen (secondary N) is 1. The predicted octanol–water partition coefficient (Wildman–Crippen LogP) is 2.74. The summed E-state index contributed by atoms with van der Waals surface area (Å²) in [4.78, 5) is 12.1. The molecule has 0 aliphatic heterocycles. The molecule has 1 N–H and O–H groups in total. The van der Waals surface area contributed by atoms with Crippen molar-refractivity contribution in [1.29, 1.82) is 0 Å². The number of anilines is 1. The van der Waals surface area contributed by atoms with E-state index in [0.29, 0.717) is 16.8 Å². The molecule has 0 saturated carbocycles. The van der Waals surface area contributed by atoms with Crippen molar-refractivity contribution < 1.29 is 9.18 Å². The third-order valence-corrected chi connectivity index (χ3v) is 3.17. The van der Waals surface area contributed by atoms with E-state index in [1.807, 2.05) is 20.9 Å². The van der Waals surface area contributed by atoms with Gasteiger partial charge in [-0.05, 0) is 44.5 Å². The maximum atomic E-state index is 13.2. The molecule has 0 spiro atoms. The van der Waals surface area contributed by atoms with Gasteiger partial charge in [0.2, 0.25) is 0 Å². The minimum atomic E-state index is -0.315. The van der Waals surface area contributed by atoms with Crippen LogP contribution >= 0.6 is 0 Å². The van der Waals surface area contributed by atoms with Gasteiger partial charge in [0.05, 0.1) is 17.1 Å². The summed E-state index contributed by atoms with van der Waals surface area (Å²) in [5.41, 5.74) is 3.22. The Balaban J connectivity index is 2.28. The van der Waals surface area contributed by atoms with Crippen molar-refractivity contribution in [1.82, 2.24) is 9.78 Å². The fourth-order valence-electron chi connectivity index (χ4n) is 1.93. The first kappa shape index (κ1) is 13.3. The number of carbonyl (C=O) groups is 1. The number of aryl methyl sites for hydroxylation is 3. The second kappa shape index (κ2) is 4.84. The van der Waals surface area contributed by atoms with E-state index < -0.39 is 0 Å². The average Bonchev–Trinajstić information content (AvgIpc) is 2.59. The lowest BCUT2D eigenvalue weighted by atomic mass is 10.1. The van der Waals surface area contributed by atoms with Gasteiger partial charge in [-0.25, -0.2) is 4.39 Å². The molecule has 0 bridgehead atoms. The SMILES string of the molecule is Cc1cc(C(=O)Nc2c(C)nn(C)c2C)ccc1F. The van der Waals surface area contributed by atoms with Crippen molar-refractivity contribution in [2.75, 3.05) is 5.32 Å². The van der Waals surface area contributed by atoms with Gasteiger partial charge in [-0.15, -0.1) is 0 Å². The Labute approximate surface area is 111 Å². The highest BCUT2D eigenvalue weighted by Crippen LogP contribution is 2.19. The van der Waals surface area contributed by atoms with E-state index in [1.54, 1.807) is 11.6 Å². The number of hydrogen-bond donors (Lipinski definition) is 1. The number of hydrogen-bond acceptors (Lipinski definition) is 2. The molecule has 0 atom stereocenters. The van der Waals surface area contributed by atoms with E-state index >= 15 is 0 Å². The lowest BCUT2D eigenvalue weighted by Gasteiger charge is -2.06. The molecule has 1 aromatic carbocycles. The first-order valence-electron chi connectivity index (χ1n) is 5.98. The molecule has 1 aromatic heterocycles. The number of rotatable bonds is 2. The summed E-state index contributed by atoms with van der Waals surface area (Å²) in [6.07, 6.45) is 0. The van der Waals surface area contributed by atoms with Crippen LogP contribution in [0.3, 0.4) is 0 Å². The van der Waals surface area contributed by atoms with E-state index in [9.17, 15) is 9.18 Å². The van der Waals surface area contributed by atoms with Gasteiger partial charge in [-0.2, -0.15) is 5.10 Å². The molecule has 1 amide bonds. The van der Waals surface area contributed by atoms with Gasteiger partial charge in [-0.1, -0.05) is 0 Å². The van der Waals surface area contributed by atoms with Crippen LogP contribution < -0.4 is 5.32 Å². The molecule has 0 aliphatic carbocycles. The van der Waals surface area contributed by atoms with Crippen molar-refractivity contribution in [2.45, 2.75) is 20.8 Å². The van der Waals surface area contributed by atoms with Crippen LogP contribution in [0.2, 0.25) is 0 Å². The Morgan fingerprint density at radius 2 is 2.00 bits per heavy atom. The van der Waals surface area contributed by atoms with Gasteiger partial charge in [0, 0.05) is 12.6 Å². The first-order chi connectivity index (χ1) is 8.90. The van der Waals surface area contributed by atoms with Crippen LogP contribution in [0.1, 0.15) is 27.3 Å². The van der Waals surface area contributed by atoms with Gasteiger partial charge in [0.1, 0.15) is 5.82 Å². The molecule has 0 saturated heterocycles. The molecule has 100 valence electrons. The van der Waals surface area contributed by atoms with Crippen LogP contribution in [0.25, 0.3) is 0 Å². The maximum Gasteiger partial charge on any atom is 0.255 e. The van der Waals surface area contributed by atoms with Crippen LogP contribution in [0.4, 0.5) is 10.1 Å².